The van der Waals surface area contributed by atoms with Crippen LogP contribution in [-0.2, 0) is 14.4 Å². The molecule has 3 unspecified atom stereocenters. The summed E-state index contributed by atoms with van der Waals surface area (Å²) < 4.78 is 0. The SMILES string of the molecule is CC(CC(=O)O)CC(=O)N1CCC[C@H]1C(=O)NC1CCC(NC(=O)NC2CCCCC2C)CC1. The summed E-state index contributed by atoms with van der Waals surface area (Å²) >= 11 is 0. The van der Waals surface area contributed by atoms with Crippen molar-refractivity contribution in [3.8, 4) is 0 Å². The molecule has 4 atom stereocenters. The third-order valence-electron chi connectivity index (χ3n) is 7.76. The summed E-state index contributed by atoms with van der Waals surface area (Å²) in [6, 6.07) is -0.122. The number of likely N-dealkylation sites (tertiary alicyclic amines) is 1. The van der Waals surface area contributed by atoms with Crippen molar-refractivity contribution in [2.45, 2.75) is 115 Å². The van der Waals surface area contributed by atoms with Gasteiger partial charge in [-0.1, -0.05) is 26.7 Å². The van der Waals surface area contributed by atoms with Crippen LogP contribution < -0.4 is 16.0 Å². The lowest BCUT2D eigenvalue weighted by Gasteiger charge is -2.33. The quantitative estimate of drug-likeness (QED) is 0.427. The van der Waals surface area contributed by atoms with Gasteiger partial charge in [0.2, 0.25) is 11.8 Å². The van der Waals surface area contributed by atoms with Crippen molar-refractivity contribution < 1.29 is 24.3 Å². The molecular weight excluding hydrogens is 436 g/mol. The third-order valence-corrected chi connectivity index (χ3v) is 7.76. The highest BCUT2D eigenvalue weighted by atomic mass is 16.4. The first-order valence-electron chi connectivity index (χ1n) is 13.1. The second kappa shape index (κ2) is 12.4. The van der Waals surface area contributed by atoms with E-state index in [1.54, 1.807) is 11.8 Å². The predicted octanol–water partition coefficient (Wildman–Crippen LogP) is 2.78. The van der Waals surface area contributed by atoms with E-state index in [2.05, 4.69) is 22.9 Å². The van der Waals surface area contributed by atoms with Gasteiger partial charge < -0.3 is 26.0 Å². The number of hydrogen-bond acceptors (Lipinski definition) is 4. The van der Waals surface area contributed by atoms with Gasteiger partial charge in [-0.15, -0.1) is 0 Å². The monoisotopic (exact) mass is 478 g/mol. The number of carbonyl (C=O) groups is 4. The summed E-state index contributed by atoms with van der Waals surface area (Å²) in [6.45, 7) is 4.50. The Morgan fingerprint density at radius 1 is 0.853 bits per heavy atom. The van der Waals surface area contributed by atoms with Crippen molar-refractivity contribution >= 4 is 23.8 Å². The van der Waals surface area contributed by atoms with E-state index >= 15 is 0 Å². The average molecular weight is 479 g/mol. The second-order valence-electron chi connectivity index (χ2n) is 10.7. The molecule has 4 amide bonds. The van der Waals surface area contributed by atoms with E-state index in [1.165, 1.54) is 19.3 Å². The smallest absolute Gasteiger partial charge is 0.315 e. The molecule has 0 spiro atoms. The summed E-state index contributed by atoms with van der Waals surface area (Å²) in [5, 5.41) is 18.3. The zero-order valence-electron chi connectivity index (χ0n) is 20.7. The summed E-state index contributed by atoms with van der Waals surface area (Å²) in [7, 11) is 0. The molecule has 34 heavy (non-hydrogen) atoms. The van der Waals surface area contributed by atoms with Crippen LogP contribution in [0.2, 0.25) is 0 Å². The lowest BCUT2D eigenvalue weighted by molar-refractivity contribution is -0.141. The van der Waals surface area contributed by atoms with Gasteiger partial charge >= 0.3 is 12.0 Å². The number of carboxylic acid groups (broad SMARTS) is 1. The maximum Gasteiger partial charge on any atom is 0.315 e. The minimum Gasteiger partial charge on any atom is -0.481 e. The maximum atomic E-state index is 12.9. The summed E-state index contributed by atoms with van der Waals surface area (Å²) in [5.74, 6) is -0.902. The Bertz CT molecular complexity index is 737. The maximum absolute atomic E-state index is 12.9. The topological polar surface area (TPSA) is 128 Å². The van der Waals surface area contributed by atoms with Crippen molar-refractivity contribution in [1.29, 1.82) is 0 Å². The van der Waals surface area contributed by atoms with E-state index in [0.29, 0.717) is 18.9 Å². The summed E-state index contributed by atoms with van der Waals surface area (Å²) in [4.78, 5) is 50.5. The zero-order valence-corrected chi connectivity index (χ0v) is 20.7. The van der Waals surface area contributed by atoms with E-state index in [1.807, 2.05) is 0 Å². The molecule has 0 aromatic rings. The predicted molar refractivity (Wildman–Crippen MR) is 128 cm³/mol. The Balaban J connectivity index is 1.39. The van der Waals surface area contributed by atoms with E-state index in [9.17, 15) is 19.2 Å². The van der Waals surface area contributed by atoms with E-state index in [0.717, 1.165) is 38.5 Å². The van der Waals surface area contributed by atoms with Gasteiger partial charge in [-0.2, -0.15) is 0 Å². The molecule has 0 aromatic carbocycles. The number of nitrogens with one attached hydrogen (secondary N) is 3. The standard InChI is InChI=1S/C25H42N4O5/c1-16(15-23(31)32)14-22(30)29-13-5-8-21(29)24(33)26-18-9-11-19(12-10-18)27-25(34)28-20-7-4-3-6-17(20)2/h16-21H,3-15H2,1-2H3,(H,26,33)(H,31,32)(H2,27,28,34)/t16?,17?,18?,19?,20?,21-/m0/s1. The van der Waals surface area contributed by atoms with Gasteiger partial charge in [0.25, 0.3) is 0 Å². The number of hydrogen-bond donors (Lipinski definition) is 4. The fraction of sp³-hybridized carbons (Fsp3) is 0.840. The van der Waals surface area contributed by atoms with Gasteiger partial charge in [0.05, 0.1) is 0 Å². The van der Waals surface area contributed by atoms with Gasteiger partial charge in [-0.25, -0.2) is 4.79 Å². The number of carboxylic acids is 1. The molecule has 192 valence electrons. The van der Waals surface area contributed by atoms with Crippen LogP contribution in [-0.4, -0.2) is 64.5 Å². The van der Waals surface area contributed by atoms with Crippen LogP contribution in [0.25, 0.3) is 0 Å². The molecule has 3 fully saturated rings. The van der Waals surface area contributed by atoms with E-state index in [4.69, 9.17) is 5.11 Å². The van der Waals surface area contributed by atoms with Crippen LogP contribution in [0, 0.1) is 11.8 Å². The summed E-state index contributed by atoms with van der Waals surface area (Å²) in [6.07, 6.45) is 9.38. The molecule has 9 nitrogen and oxygen atoms in total. The summed E-state index contributed by atoms with van der Waals surface area (Å²) in [5.41, 5.74) is 0. The molecule has 4 N–H and O–H groups in total. The molecule has 1 aliphatic heterocycles. The number of urea groups is 1. The molecule has 2 saturated carbocycles. The number of aliphatic carboxylic acids is 1. The van der Waals surface area contributed by atoms with E-state index < -0.39 is 12.0 Å². The number of carbonyl (C=O) groups excluding carboxylic acids is 3. The highest BCUT2D eigenvalue weighted by Crippen LogP contribution is 2.25. The second-order valence-corrected chi connectivity index (χ2v) is 10.7. The normalized spacial score (nSPS) is 30.3. The lowest BCUT2D eigenvalue weighted by Crippen LogP contribution is -2.52. The van der Waals surface area contributed by atoms with Crippen molar-refractivity contribution in [3.63, 3.8) is 0 Å². The van der Waals surface area contributed by atoms with Gasteiger partial charge in [0.1, 0.15) is 6.04 Å². The zero-order chi connectivity index (χ0) is 24.7. The van der Waals surface area contributed by atoms with Crippen LogP contribution in [0.1, 0.15) is 90.9 Å². The van der Waals surface area contributed by atoms with Gasteiger partial charge in [-0.3, -0.25) is 14.4 Å². The minimum absolute atomic E-state index is 0.0502. The molecule has 9 heteroatoms. The largest absolute Gasteiger partial charge is 0.481 e. The Morgan fingerprint density at radius 2 is 1.50 bits per heavy atom. The van der Waals surface area contributed by atoms with Gasteiger partial charge in [0.15, 0.2) is 0 Å². The van der Waals surface area contributed by atoms with Crippen LogP contribution in [0.4, 0.5) is 4.79 Å². The Kier molecular flexibility index (Phi) is 9.59. The Hall–Kier alpha value is -2.32. The first-order valence-corrected chi connectivity index (χ1v) is 13.1. The average Bonchev–Trinajstić information content (AvgIpc) is 3.26. The van der Waals surface area contributed by atoms with Crippen LogP contribution >= 0.6 is 0 Å². The molecule has 1 heterocycles. The number of nitrogens with zero attached hydrogens (tertiary/aromatic N) is 1. The van der Waals surface area contributed by atoms with Crippen LogP contribution in [0.15, 0.2) is 0 Å². The Morgan fingerprint density at radius 3 is 2.15 bits per heavy atom. The molecule has 3 aliphatic rings. The third kappa shape index (κ3) is 7.60. The van der Waals surface area contributed by atoms with Crippen LogP contribution in [0.3, 0.4) is 0 Å². The minimum atomic E-state index is -0.915. The molecule has 1 saturated heterocycles. The van der Waals surface area contributed by atoms with Crippen molar-refractivity contribution in [1.82, 2.24) is 20.9 Å². The highest BCUT2D eigenvalue weighted by Gasteiger charge is 2.36. The highest BCUT2D eigenvalue weighted by molar-refractivity contribution is 5.88. The van der Waals surface area contributed by atoms with Gasteiger partial charge in [0, 0.05) is 37.5 Å². The molecule has 0 bridgehead atoms. The van der Waals surface area contributed by atoms with Crippen molar-refractivity contribution in [2.24, 2.45) is 11.8 Å². The van der Waals surface area contributed by atoms with E-state index in [-0.39, 0.29) is 54.7 Å². The van der Waals surface area contributed by atoms with Gasteiger partial charge in [-0.05, 0) is 63.2 Å². The first-order chi connectivity index (χ1) is 16.2. The molecular formula is C25H42N4O5. The fourth-order valence-electron chi connectivity index (χ4n) is 5.73. The molecule has 2 aliphatic carbocycles. The van der Waals surface area contributed by atoms with Crippen LogP contribution in [0.5, 0.6) is 0 Å². The lowest BCUT2D eigenvalue weighted by atomic mass is 9.86. The molecule has 0 radical (unpaired) electrons. The fourth-order valence-corrected chi connectivity index (χ4v) is 5.73. The number of amides is 4. The first kappa shape index (κ1) is 26.3. The number of rotatable bonds is 8. The molecule has 0 aromatic heterocycles. The Labute approximate surface area is 202 Å². The van der Waals surface area contributed by atoms with Crippen molar-refractivity contribution in [2.75, 3.05) is 6.54 Å². The van der Waals surface area contributed by atoms with Crippen molar-refractivity contribution in [3.05, 3.63) is 0 Å². The molecule has 3 rings (SSSR count).